The summed E-state index contributed by atoms with van der Waals surface area (Å²) < 4.78 is 5.18. The molecule has 0 saturated carbocycles. The zero-order valence-electron chi connectivity index (χ0n) is 16.7. The molecule has 0 radical (unpaired) electrons. The maximum Gasteiger partial charge on any atom is 0.237 e. The van der Waals surface area contributed by atoms with Crippen LogP contribution in [0.4, 0.5) is 0 Å². The van der Waals surface area contributed by atoms with Gasteiger partial charge in [0, 0.05) is 19.7 Å². The van der Waals surface area contributed by atoms with Crippen LogP contribution < -0.4 is 16.4 Å². The van der Waals surface area contributed by atoms with Gasteiger partial charge in [0.05, 0.1) is 18.8 Å². The van der Waals surface area contributed by atoms with E-state index >= 15 is 0 Å². The molecule has 0 spiro atoms. The molecule has 2 aromatic carbocycles. The number of amides is 1. The minimum atomic E-state index is -0.700. The van der Waals surface area contributed by atoms with Crippen molar-refractivity contribution in [3.63, 3.8) is 0 Å². The molecule has 0 aliphatic rings. The van der Waals surface area contributed by atoms with Crippen molar-refractivity contribution in [1.29, 1.82) is 0 Å². The maximum atomic E-state index is 12.6. The Kier molecular flexibility index (Phi) is 9.93. The third-order valence-electron chi connectivity index (χ3n) is 4.66. The van der Waals surface area contributed by atoms with Crippen molar-refractivity contribution >= 4 is 16.7 Å². The van der Waals surface area contributed by atoms with Crippen molar-refractivity contribution in [2.24, 2.45) is 5.73 Å². The molecule has 0 saturated heterocycles. The largest absolute Gasteiger partial charge is 0.389 e. The second kappa shape index (κ2) is 12.5. The highest BCUT2D eigenvalue weighted by molar-refractivity contribution is 5.83. The number of benzene rings is 2. The zero-order chi connectivity index (χ0) is 20.2. The van der Waals surface area contributed by atoms with Gasteiger partial charge in [0.15, 0.2) is 0 Å². The van der Waals surface area contributed by atoms with Crippen LogP contribution in [0.25, 0.3) is 10.8 Å². The zero-order valence-corrected chi connectivity index (χ0v) is 16.7. The summed E-state index contributed by atoms with van der Waals surface area (Å²) in [6, 6.07) is 14.2. The fraction of sp³-hybridized carbons (Fsp3) is 0.500. The number of nitrogens with two attached hydrogens (primary N) is 1. The molecule has 6 nitrogen and oxygen atoms in total. The monoisotopic (exact) mass is 387 g/mol. The van der Waals surface area contributed by atoms with E-state index in [2.05, 4.69) is 41.0 Å². The lowest BCUT2D eigenvalue weighted by molar-refractivity contribution is -0.124. The van der Waals surface area contributed by atoms with E-state index in [1.807, 2.05) is 19.1 Å². The Morgan fingerprint density at radius 3 is 2.71 bits per heavy atom. The fourth-order valence-corrected chi connectivity index (χ4v) is 3.06. The minimum absolute atomic E-state index is 0.103. The van der Waals surface area contributed by atoms with Crippen LogP contribution in [0.1, 0.15) is 31.7 Å². The molecular formula is C22H33N3O3. The Labute approximate surface area is 167 Å². The number of aliphatic hydroxyl groups excluding tert-OH is 1. The fourth-order valence-electron chi connectivity index (χ4n) is 3.06. The van der Waals surface area contributed by atoms with E-state index in [1.165, 1.54) is 10.8 Å². The van der Waals surface area contributed by atoms with Crippen molar-refractivity contribution < 1.29 is 14.6 Å². The molecule has 6 heteroatoms. The van der Waals surface area contributed by atoms with Crippen molar-refractivity contribution in [3.8, 4) is 0 Å². The van der Waals surface area contributed by atoms with Crippen molar-refractivity contribution in [2.45, 2.75) is 44.9 Å². The first-order valence-electron chi connectivity index (χ1n) is 10.1. The predicted octanol–water partition coefficient (Wildman–Crippen LogP) is 1.94. The Hall–Kier alpha value is -1.99. The molecule has 0 bridgehead atoms. The van der Waals surface area contributed by atoms with Crippen LogP contribution >= 0.6 is 0 Å². The van der Waals surface area contributed by atoms with Crippen LogP contribution in [0.2, 0.25) is 0 Å². The van der Waals surface area contributed by atoms with Gasteiger partial charge in [-0.1, -0.05) is 42.8 Å². The van der Waals surface area contributed by atoms with Gasteiger partial charge in [0.1, 0.15) is 0 Å². The lowest BCUT2D eigenvalue weighted by Crippen LogP contribution is -2.46. The van der Waals surface area contributed by atoms with Gasteiger partial charge in [0.25, 0.3) is 0 Å². The molecule has 0 aliphatic carbocycles. The van der Waals surface area contributed by atoms with Crippen molar-refractivity contribution in [1.82, 2.24) is 10.6 Å². The summed E-state index contributed by atoms with van der Waals surface area (Å²) in [6.45, 7) is 4.04. The summed E-state index contributed by atoms with van der Waals surface area (Å²) in [5.74, 6) is -0.103. The molecule has 0 fully saturated rings. The van der Waals surface area contributed by atoms with E-state index in [-0.39, 0.29) is 25.1 Å². The topological polar surface area (TPSA) is 96.6 Å². The molecule has 28 heavy (non-hydrogen) atoms. The summed E-state index contributed by atoms with van der Waals surface area (Å²) in [6.07, 6.45) is 1.77. The quantitative estimate of drug-likeness (QED) is 0.394. The third-order valence-corrected chi connectivity index (χ3v) is 4.66. The number of fused-ring (bicyclic) bond motifs is 1. The van der Waals surface area contributed by atoms with Gasteiger partial charge in [-0.25, -0.2) is 0 Å². The standard InChI is InChI=1S/C22H33N3O3/c1-2-28-16-20(26)15-25-22(27)21(9-5-6-12-23)24-14-17-10-11-18-7-3-4-8-19(18)13-17/h3-4,7-8,10-11,13,20-21,24,26H,2,5-6,9,12,14-16,23H2,1H3,(H,25,27)/t20?,21-/m0/s1. The van der Waals surface area contributed by atoms with Gasteiger partial charge in [-0.2, -0.15) is 0 Å². The van der Waals surface area contributed by atoms with Crippen LogP contribution in [0.3, 0.4) is 0 Å². The summed E-state index contributed by atoms with van der Waals surface area (Å²) in [7, 11) is 0. The Bertz CT molecular complexity index is 723. The van der Waals surface area contributed by atoms with E-state index in [4.69, 9.17) is 10.5 Å². The van der Waals surface area contributed by atoms with E-state index in [9.17, 15) is 9.90 Å². The number of carbonyl (C=O) groups excluding carboxylic acids is 1. The molecule has 0 aromatic heterocycles. The van der Waals surface area contributed by atoms with Crippen LogP contribution in [0.15, 0.2) is 42.5 Å². The average Bonchev–Trinajstić information content (AvgIpc) is 2.72. The summed E-state index contributed by atoms with van der Waals surface area (Å²) in [5.41, 5.74) is 6.72. The second-order valence-electron chi connectivity index (χ2n) is 6.96. The second-order valence-corrected chi connectivity index (χ2v) is 6.96. The SMILES string of the molecule is CCOCC(O)CNC(=O)[C@H](CCCCN)NCc1ccc2ccccc2c1. The van der Waals surface area contributed by atoms with Crippen LogP contribution in [-0.2, 0) is 16.1 Å². The number of carbonyl (C=O) groups is 1. The number of rotatable bonds is 13. The van der Waals surface area contributed by atoms with Crippen molar-refractivity contribution in [2.75, 3.05) is 26.3 Å². The van der Waals surface area contributed by atoms with Gasteiger partial charge < -0.3 is 26.2 Å². The van der Waals surface area contributed by atoms with E-state index in [0.717, 1.165) is 18.4 Å². The molecule has 0 heterocycles. The number of hydrogen-bond donors (Lipinski definition) is 4. The van der Waals surface area contributed by atoms with Gasteiger partial charge in [-0.05, 0) is 48.7 Å². The summed E-state index contributed by atoms with van der Waals surface area (Å²) in [5, 5.41) is 18.4. The molecule has 5 N–H and O–H groups in total. The van der Waals surface area contributed by atoms with Crippen LogP contribution in [-0.4, -0.2) is 49.5 Å². The van der Waals surface area contributed by atoms with E-state index in [1.54, 1.807) is 0 Å². The molecule has 1 unspecified atom stereocenters. The molecule has 2 atom stereocenters. The number of nitrogens with one attached hydrogen (secondary N) is 2. The number of hydrogen-bond acceptors (Lipinski definition) is 5. The third kappa shape index (κ3) is 7.56. The van der Waals surface area contributed by atoms with E-state index in [0.29, 0.717) is 26.1 Å². The molecular weight excluding hydrogens is 354 g/mol. The Balaban J connectivity index is 1.91. The van der Waals surface area contributed by atoms with Gasteiger partial charge >= 0.3 is 0 Å². The molecule has 1 amide bonds. The Morgan fingerprint density at radius 1 is 1.18 bits per heavy atom. The summed E-state index contributed by atoms with van der Waals surface area (Å²) >= 11 is 0. The number of aliphatic hydroxyl groups is 1. The van der Waals surface area contributed by atoms with Crippen LogP contribution in [0, 0.1) is 0 Å². The Morgan fingerprint density at radius 2 is 1.96 bits per heavy atom. The minimum Gasteiger partial charge on any atom is -0.389 e. The first-order chi connectivity index (χ1) is 13.6. The molecule has 2 aromatic rings. The first-order valence-corrected chi connectivity index (χ1v) is 10.1. The van der Waals surface area contributed by atoms with Gasteiger partial charge in [-0.15, -0.1) is 0 Å². The number of ether oxygens (including phenoxy) is 1. The maximum absolute atomic E-state index is 12.6. The molecule has 2 rings (SSSR count). The lowest BCUT2D eigenvalue weighted by atomic mass is 10.1. The first kappa shape index (κ1) is 22.3. The summed E-state index contributed by atoms with van der Waals surface area (Å²) in [4.78, 5) is 12.6. The lowest BCUT2D eigenvalue weighted by Gasteiger charge is -2.20. The number of unbranched alkanes of at least 4 members (excludes halogenated alkanes) is 1. The average molecular weight is 388 g/mol. The van der Waals surface area contributed by atoms with Gasteiger partial charge in [0.2, 0.25) is 5.91 Å². The highest BCUT2D eigenvalue weighted by atomic mass is 16.5. The molecule has 154 valence electrons. The molecule has 0 aliphatic heterocycles. The smallest absolute Gasteiger partial charge is 0.237 e. The van der Waals surface area contributed by atoms with E-state index < -0.39 is 6.10 Å². The highest BCUT2D eigenvalue weighted by Gasteiger charge is 2.18. The van der Waals surface area contributed by atoms with Gasteiger partial charge in [-0.3, -0.25) is 4.79 Å². The normalized spacial score (nSPS) is 13.4. The van der Waals surface area contributed by atoms with Crippen LogP contribution in [0.5, 0.6) is 0 Å². The van der Waals surface area contributed by atoms with Crippen molar-refractivity contribution in [3.05, 3.63) is 48.0 Å². The highest BCUT2D eigenvalue weighted by Crippen LogP contribution is 2.15. The predicted molar refractivity (Wildman–Crippen MR) is 113 cm³/mol.